The molecule has 5 rings (SSSR count). The number of halogens is 6. The molecule has 0 saturated carbocycles. The maximum Gasteiger partial charge on any atom is 0.425 e. The maximum atomic E-state index is 13.9. The van der Waals surface area contributed by atoms with Crippen LogP contribution in [0.15, 0.2) is 54.0 Å². The quantitative estimate of drug-likeness (QED) is 0.126. The molecular formula is C37H46F6N4O7S. The van der Waals surface area contributed by atoms with Crippen LogP contribution in [0.2, 0.25) is 0 Å². The third kappa shape index (κ3) is 12.0. The van der Waals surface area contributed by atoms with E-state index in [1.54, 1.807) is 29.2 Å². The monoisotopic (exact) mass is 804 g/mol. The Morgan fingerprint density at radius 3 is 2.25 bits per heavy atom. The second-order valence-corrected chi connectivity index (χ2v) is 13.8. The number of ether oxygens (including phenoxy) is 1. The summed E-state index contributed by atoms with van der Waals surface area (Å²) in [6, 6.07) is 9.16. The van der Waals surface area contributed by atoms with Crippen molar-refractivity contribution in [1.82, 2.24) is 14.8 Å². The van der Waals surface area contributed by atoms with Crippen LogP contribution in [0.4, 0.5) is 26.3 Å². The van der Waals surface area contributed by atoms with Gasteiger partial charge in [0.1, 0.15) is 22.1 Å². The standard InChI is InChI=1S/C31H38F3N3O6.C5H3F3OS.CH5N/c1-2-8-24-21(9-6-17-37(24)29(41)27-23(31(32,33)34)11-5-16-35-27)28(40)36-18-14-30(42,15-19-36)22-10-3-4-12-25(22)43-20-7-13-26(38)39;6-5(7,8)4-1-3(9)2-10-4;1-2/h3-5,10-12,16,21,24,42H,2,6-9,13-15,17-20H2,1H3,(H,38,39);1-2,9H;2H2,1H3. The number of likely N-dealkylation sites (tertiary alicyclic amines) is 2. The number of alkyl halides is 6. The number of hydrogen-bond donors (Lipinski definition) is 4. The van der Waals surface area contributed by atoms with Gasteiger partial charge in [-0.2, -0.15) is 26.3 Å². The van der Waals surface area contributed by atoms with Crippen molar-refractivity contribution in [3.63, 3.8) is 0 Å². The van der Waals surface area contributed by atoms with E-state index in [2.05, 4.69) is 10.7 Å². The van der Waals surface area contributed by atoms with Gasteiger partial charge in [0.05, 0.1) is 23.7 Å². The Morgan fingerprint density at radius 2 is 1.69 bits per heavy atom. The fraction of sp³-hybridized carbons (Fsp3) is 0.514. The van der Waals surface area contributed by atoms with Crippen LogP contribution in [-0.2, 0) is 27.5 Å². The third-order valence-electron chi connectivity index (χ3n) is 9.21. The Labute approximate surface area is 318 Å². The van der Waals surface area contributed by atoms with Gasteiger partial charge in [0, 0.05) is 55.3 Å². The van der Waals surface area contributed by atoms with Crippen LogP contribution in [0.5, 0.6) is 11.5 Å². The Balaban J connectivity index is 0.000000581. The van der Waals surface area contributed by atoms with Gasteiger partial charge in [0.25, 0.3) is 5.91 Å². The summed E-state index contributed by atoms with van der Waals surface area (Å²) in [5.74, 6) is -2.36. The summed E-state index contributed by atoms with van der Waals surface area (Å²) < 4.78 is 81.9. The molecule has 2 unspecified atom stereocenters. The molecule has 2 aromatic heterocycles. The van der Waals surface area contributed by atoms with E-state index >= 15 is 0 Å². The number of carboxylic acids is 1. The lowest BCUT2D eigenvalue weighted by Crippen LogP contribution is -2.55. The number of rotatable bonds is 10. The van der Waals surface area contributed by atoms with Crippen molar-refractivity contribution in [2.45, 2.75) is 82.3 Å². The van der Waals surface area contributed by atoms with E-state index in [0.717, 1.165) is 23.7 Å². The number of hydrogen-bond acceptors (Lipinski definition) is 9. The lowest BCUT2D eigenvalue weighted by molar-refractivity contribution is -0.144. The predicted octanol–water partition coefficient (Wildman–Crippen LogP) is 6.92. The number of aromatic hydroxyl groups is 1. The van der Waals surface area contributed by atoms with E-state index < -0.39 is 57.9 Å². The topological polar surface area (TPSA) is 167 Å². The van der Waals surface area contributed by atoms with E-state index in [0.29, 0.717) is 60.8 Å². The molecule has 11 nitrogen and oxygen atoms in total. The average molecular weight is 805 g/mol. The number of nitrogens with zero attached hydrogens (tertiary/aromatic N) is 3. The highest BCUT2D eigenvalue weighted by Crippen LogP contribution is 2.40. The summed E-state index contributed by atoms with van der Waals surface area (Å²) in [5, 5.41) is 30.0. The van der Waals surface area contributed by atoms with E-state index in [-0.39, 0.29) is 57.2 Å². The highest BCUT2D eigenvalue weighted by molar-refractivity contribution is 7.10. The fourth-order valence-electron chi connectivity index (χ4n) is 6.65. The Morgan fingerprint density at radius 1 is 1.02 bits per heavy atom. The number of nitrogens with two attached hydrogens (primary N) is 1. The van der Waals surface area contributed by atoms with Crippen molar-refractivity contribution in [3.8, 4) is 11.5 Å². The molecule has 4 heterocycles. The zero-order chi connectivity index (χ0) is 41.0. The number of carboxylic acid groups (broad SMARTS) is 1. The average Bonchev–Trinajstić information content (AvgIpc) is 3.61. The van der Waals surface area contributed by atoms with Crippen molar-refractivity contribution in [2.24, 2.45) is 11.7 Å². The van der Waals surface area contributed by atoms with Crippen molar-refractivity contribution < 1.29 is 60.8 Å². The minimum absolute atomic E-state index is 0.0297. The number of pyridine rings is 1. The zero-order valence-electron chi connectivity index (χ0n) is 30.4. The van der Waals surface area contributed by atoms with Gasteiger partial charge in [-0.15, -0.1) is 11.3 Å². The highest BCUT2D eigenvalue weighted by atomic mass is 32.1. The molecule has 18 heteroatoms. The molecule has 0 radical (unpaired) electrons. The first kappa shape index (κ1) is 45.0. The van der Waals surface area contributed by atoms with E-state index in [1.165, 1.54) is 11.9 Å². The van der Waals surface area contributed by atoms with Crippen LogP contribution in [0.3, 0.4) is 0 Å². The second kappa shape index (κ2) is 20.0. The molecular weight excluding hydrogens is 758 g/mol. The highest BCUT2D eigenvalue weighted by Gasteiger charge is 2.45. The Hall–Kier alpha value is -4.42. The van der Waals surface area contributed by atoms with E-state index in [1.807, 2.05) is 6.92 Å². The molecule has 1 aromatic carbocycles. The van der Waals surface area contributed by atoms with E-state index in [4.69, 9.17) is 14.9 Å². The van der Waals surface area contributed by atoms with Gasteiger partial charge >= 0.3 is 18.3 Å². The number of thiophene rings is 1. The molecule has 2 atom stereocenters. The predicted molar refractivity (Wildman–Crippen MR) is 191 cm³/mol. The number of carbonyl (C=O) groups excluding carboxylic acids is 2. The largest absolute Gasteiger partial charge is 0.507 e. The summed E-state index contributed by atoms with van der Waals surface area (Å²) in [4.78, 5) is 44.2. The smallest absolute Gasteiger partial charge is 0.425 e. The number of aromatic nitrogens is 1. The van der Waals surface area contributed by atoms with Crippen LogP contribution in [0.1, 0.15) is 84.8 Å². The number of benzene rings is 1. The molecule has 0 bridgehead atoms. The first-order chi connectivity index (χ1) is 26.0. The zero-order valence-corrected chi connectivity index (χ0v) is 31.2. The molecule has 2 saturated heterocycles. The Bertz CT molecular complexity index is 1710. The van der Waals surface area contributed by atoms with Crippen LogP contribution in [0.25, 0.3) is 0 Å². The summed E-state index contributed by atoms with van der Waals surface area (Å²) in [5.41, 5.74) is 2.07. The van der Waals surface area contributed by atoms with Crippen molar-refractivity contribution >= 4 is 29.1 Å². The molecule has 0 aliphatic carbocycles. The normalized spacial score (nSPS) is 18.3. The number of para-hydroxylation sites is 1. The van der Waals surface area contributed by atoms with Crippen molar-refractivity contribution in [2.75, 3.05) is 33.3 Å². The van der Waals surface area contributed by atoms with Gasteiger partial charge in [-0.3, -0.25) is 19.4 Å². The van der Waals surface area contributed by atoms with Gasteiger partial charge in [-0.1, -0.05) is 31.5 Å². The van der Waals surface area contributed by atoms with E-state index in [9.17, 15) is 45.8 Å². The molecule has 3 aromatic rings. The number of aliphatic hydroxyl groups is 1. The maximum absolute atomic E-state index is 13.9. The van der Waals surface area contributed by atoms with Gasteiger partial charge in [0.2, 0.25) is 5.91 Å². The van der Waals surface area contributed by atoms with Gasteiger partial charge in [-0.25, -0.2) is 0 Å². The number of amides is 2. The van der Waals surface area contributed by atoms with Gasteiger partial charge in [-0.05, 0) is 63.8 Å². The van der Waals surface area contributed by atoms with Gasteiger partial charge < -0.3 is 35.6 Å². The van der Waals surface area contributed by atoms with Crippen molar-refractivity contribution in [3.05, 3.63) is 75.7 Å². The lowest BCUT2D eigenvalue weighted by atomic mass is 9.81. The van der Waals surface area contributed by atoms with Crippen LogP contribution < -0.4 is 10.5 Å². The summed E-state index contributed by atoms with van der Waals surface area (Å²) in [6.45, 7) is 2.84. The number of piperidine rings is 2. The number of aliphatic carboxylic acids is 1. The molecule has 2 aliphatic rings. The summed E-state index contributed by atoms with van der Waals surface area (Å²) in [7, 11) is 1.50. The van der Waals surface area contributed by atoms with Crippen LogP contribution in [-0.4, -0.2) is 87.2 Å². The van der Waals surface area contributed by atoms with Gasteiger partial charge in [0.15, 0.2) is 0 Å². The SMILES string of the molecule is CCCC1C(C(=O)N2CCC(O)(c3ccccc3OCCCC(=O)O)CC2)CCCN1C(=O)c1ncccc1C(F)(F)F.CN.Oc1csc(C(F)(F)F)c1. The third-order valence-corrected chi connectivity index (χ3v) is 10.2. The first-order valence-corrected chi connectivity index (χ1v) is 18.5. The Kier molecular flexibility index (Phi) is 16.3. The van der Waals surface area contributed by atoms with Crippen molar-refractivity contribution in [1.29, 1.82) is 0 Å². The fourth-order valence-corrected chi connectivity index (χ4v) is 7.29. The lowest BCUT2D eigenvalue weighted by Gasteiger charge is -2.45. The minimum Gasteiger partial charge on any atom is -0.507 e. The van der Waals surface area contributed by atoms with Crippen LogP contribution >= 0.6 is 11.3 Å². The molecule has 2 amide bonds. The molecule has 304 valence electrons. The molecule has 5 N–H and O–H groups in total. The minimum atomic E-state index is -4.74. The second-order valence-electron chi connectivity index (χ2n) is 12.9. The number of carbonyl (C=O) groups is 3. The first-order valence-electron chi connectivity index (χ1n) is 17.7. The molecule has 2 aliphatic heterocycles. The summed E-state index contributed by atoms with van der Waals surface area (Å²) >= 11 is 0.481. The molecule has 2 fully saturated rings. The summed E-state index contributed by atoms with van der Waals surface area (Å²) in [6.07, 6.45) is -5.05. The van der Waals surface area contributed by atoms with Crippen LogP contribution in [0, 0.1) is 5.92 Å². The molecule has 55 heavy (non-hydrogen) atoms. The molecule has 0 spiro atoms.